The molecule has 0 radical (unpaired) electrons. The molecule has 8 heteroatoms. The summed E-state index contributed by atoms with van der Waals surface area (Å²) in [7, 11) is 1.33. The third-order valence-corrected chi connectivity index (χ3v) is 4.41. The summed E-state index contributed by atoms with van der Waals surface area (Å²) in [5.41, 5.74) is 3.18. The zero-order valence-corrected chi connectivity index (χ0v) is 14.5. The molecule has 2 heterocycles. The molecule has 130 valence electrons. The number of hydrogen-bond acceptors (Lipinski definition) is 8. The molecule has 2 aromatic heterocycles. The number of aromatic nitrogens is 3. The van der Waals surface area contributed by atoms with Crippen LogP contribution in [0.4, 0.5) is 0 Å². The largest absolute Gasteiger partial charge is 0.468 e. The fourth-order valence-corrected chi connectivity index (χ4v) is 2.91. The normalized spacial score (nSPS) is 11.0. The number of hydrogen-bond donors (Lipinski definition) is 0. The van der Waals surface area contributed by atoms with E-state index >= 15 is 0 Å². The molecular formula is C18H13N3O4S. The Hall–Kier alpha value is -3.13. The fraction of sp³-hybridized carbons (Fsp3) is 0.111. The Kier molecular flexibility index (Phi) is 4.40. The minimum absolute atomic E-state index is 0.120. The summed E-state index contributed by atoms with van der Waals surface area (Å²) in [5.74, 6) is 0.700. The summed E-state index contributed by atoms with van der Waals surface area (Å²) < 4.78 is 15.9. The van der Waals surface area contributed by atoms with Gasteiger partial charge in [0.2, 0.25) is 11.8 Å². The average molecular weight is 367 g/mol. The van der Waals surface area contributed by atoms with Gasteiger partial charge in [-0.1, -0.05) is 23.9 Å². The maximum absolute atomic E-state index is 11.2. The molecule has 0 unspecified atom stereocenters. The van der Waals surface area contributed by atoms with Crippen LogP contribution in [-0.4, -0.2) is 34.0 Å². The number of carbonyl (C=O) groups is 1. The van der Waals surface area contributed by atoms with Crippen LogP contribution in [0.2, 0.25) is 0 Å². The predicted molar refractivity (Wildman–Crippen MR) is 95.5 cm³/mol. The van der Waals surface area contributed by atoms with E-state index in [2.05, 4.69) is 19.9 Å². The SMILES string of the molecule is COC(=O)CSc1nnc(-c2ccc(-c3nc4ccccc4o3)cc2)o1. The molecule has 0 spiro atoms. The van der Waals surface area contributed by atoms with Gasteiger partial charge in [0.15, 0.2) is 5.58 Å². The zero-order valence-electron chi connectivity index (χ0n) is 13.7. The molecule has 0 saturated carbocycles. The molecule has 0 amide bonds. The van der Waals surface area contributed by atoms with E-state index in [1.807, 2.05) is 48.5 Å². The van der Waals surface area contributed by atoms with Crippen LogP contribution in [0, 0.1) is 0 Å². The monoisotopic (exact) mass is 367 g/mol. The van der Waals surface area contributed by atoms with Crippen LogP contribution in [0.25, 0.3) is 34.0 Å². The van der Waals surface area contributed by atoms with Crippen molar-refractivity contribution in [3.05, 3.63) is 48.5 Å². The average Bonchev–Trinajstić information content (AvgIpc) is 3.33. The van der Waals surface area contributed by atoms with Gasteiger partial charge in [-0.2, -0.15) is 0 Å². The van der Waals surface area contributed by atoms with Gasteiger partial charge in [0, 0.05) is 11.1 Å². The van der Waals surface area contributed by atoms with Crippen molar-refractivity contribution < 1.29 is 18.4 Å². The number of rotatable bonds is 5. The van der Waals surface area contributed by atoms with Gasteiger partial charge in [0.05, 0.1) is 7.11 Å². The maximum Gasteiger partial charge on any atom is 0.316 e. The van der Waals surface area contributed by atoms with Crippen LogP contribution in [-0.2, 0) is 9.53 Å². The van der Waals surface area contributed by atoms with E-state index in [0.717, 1.165) is 34.0 Å². The molecule has 4 aromatic rings. The number of fused-ring (bicyclic) bond motifs is 1. The lowest BCUT2D eigenvalue weighted by Crippen LogP contribution is -2.02. The molecule has 0 aliphatic carbocycles. The highest BCUT2D eigenvalue weighted by Crippen LogP contribution is 2.28. The second-order valence-electron chi connectivity index (χ2n) is 5.30. The van der Waals surface area contributed by atoms with Crippen molar-refractivity contribution in [1.82, 2.24) is 15.2 Å². The van der Waals surface area contributed by atoms with Gasteiger partial charge in [0.25, 0.3) is 5.22 Å². The fourth-order valence-electron chi connectivity index (χ4n) is 2.32. The molecule has 7 nitrogen and oxygen atoms in total. The minimum Gasteiger partial charge on any atom is -0.468 e. The van der Waals surface area contributed by atoms with Crippen LogP contribution in [0.5, 0.6) is 0 Å². The van der Waals surface area contributed by atoms with E-state index in [-0.39, 0.29) is 11.7 Å². The summed E-state index contributed by atoms with van der Waals surface area (Å²) in [5, 5.41) is 8.23. The highest BCUT2D eigenvalue weighted by molar-refractivity contribution is 7.99. The van der Waals surface area contributed by atoms with Crippen molar-refractivity contribution in [2.24, 2.45) is 0 Å². The number of methoxy groups -OCH3 is 1. The van der Waals surface area contributed by atoms with Gasteiger partial charge in [-0.05, 0) is 36.4 Å². The molecule has 2 aromatic carbocycles. The van der Waals surface area contributed by atoms with E-state index < -0.39 is 0 Å². The summed E-state index contributed by atoms with van der Waals surface area (Å²) in [4.78, 5) is 15.6. The third-order valence-electron chi connectivity index (χ3n) is 3.62. The first-order valence-corrected chi connectivity index (χ1v) is 8.71. The number of para-hydroxylation sites is 2. The van der Waals surface area contributed by atoms with Gasteiger partial charge >= 0.3 is 5.97 Å². The first-order chi connectivity index (χ1) is 12.7. The van der Waals surface area contributed by atoms with Gasteiger partial charge in [-0.15, -0.1) is 10.2 Å². The molecular weight excluding hydrogens is 354 g/mol. The second-order valence-corrected chi connectivity index (χ2v) is 6.23. The number of benzene rings is 2. The van der Waals surface area contributed by atoms with Crippen molar-refractivity contribution in [1.29, 1.82) is 0 Å². The Labute approximate surface area is 152 Å². The van der Waals surface area contributed by atoms with E-state index in [1.54, 1.807) is 0 Å². The quantitative estimate of drug-likeness (QED) is 0.388. The van der Waals surface area contributed by atoms with Crippen molar-refractivity contribution in [3.63, 3.8) is 0 Å². The lowest BCUT2D eigenvalue weighted by molar-refractivity contribution is -0.137. The summed E-state index contributed by atoms with van der Waals surface area (Å²) in [6.07, 6.45) is 0. The first kappa shape index (κ1) is 16.3. The number of thioether (sulfide) groups is 1. The molecule has 0 N–H and O–H groups in total. The van der Waals surface area contributed by atoms with Crippen LogP contribution in [0.1, 0.15) is 0 Å². The molecule has 0 saturated heterocycles. The number of carbonyl (C=O) groups excluding carboxylic acids is 1. The van der Waals surface area contributed by atoms with Crippen molar-refractivity contribution in [3.8, 4) is 22.9 Å². The summed E-state index contributed by atoms with van der Waals surface area (Å²) >= 11 is 1.13. The molecule has 0 aliphatic heterocycles. The topological polar surface area (TPSA) is 91.2 Å². The van der Waals surface area contributed by atoms with Crippen LogP contribution >= 0.6 is 11.8 Å². The smallest absolute Gasteiger partial charge is 0.316 e. The van der Waals surface area contributed by atoms with E-state index in [9.17, 15) is 4.79 Å². The highest BCUT2D eigenvalue weighted by Gasteiger charge is 2.13. The van der Waals surface area contributed by atoms with E-state index in [4.69, 9.17) is 8.83 Å². The lowest BCUT2D eigenvalue weighted by atomic mass is 10.1. The Morgan fingerprint density at radius 1 is 1.00 bits per heavy atom. The van der Waals surface area contributed by atoms with Crippen molar-refractivity contribution >= 4 is 28.8 Å². The summed E-state index contributed by atoms with van der Waals surface area (Å²) in [6.45, 7) is 0. The minimum atomic E-state index is -0.350. The Morgan fingerprint density at radius 3 is 2.46 bits per heavy atom. The summed E-state index contributed by atoms with van der Waals surface area (Å²) in [6, 6.07) is 15.1. The molecule has 0 aliphatic rings. The first-order valence-electron chi connectivity index (χ1n) is 7.72. The number of oxazole rings is 1. The molecule has 0 fully saturated rings. The van der Waals surface area contributed by atoms with Gasteiger partial charge < -0.3 is 13.6 Å². The van der Waals surface area contributed by atoms with Crippen molar-refractivity contribution in [2.45, 2.75) is 5.22 Å². The molecule has 26 heavy (non-hydrogen) atoms. The van der Waals surface area contributed by atoms with Crippen LogP contribution < -0.4 is 0 Å². The highest BCUT2D eigenvalue weighted by atomic mass is 32.2. The van der Waals surface area contributed by atoms with Gasteiger partial charge in [0.1, 0.15) is 11.3 Å². The predicted octanol–water partition coefficient (Wildman–Crippen LogP) is 3.81. The van der Waals surface area contributed by atoms with E-state index in [0.29, 0.717) is 17.0 Å². The number of esters is 1. The number of nitrogens with zero attached hydrogens (tertiary/aromatic N) is 3. The van der Waals surface area contributed by atoms with Gasteiger partial charge in [-0.25, -0.2) is 4.98 Å². The lowest BCUT2D eigenvalue weighted by Gasteiger charge is -1.98. The van der Waals surface area contributed by atoms with E-state index in [1.165, 1.54) is 7.11 Å². The molecule has 4 rings (SSSR count). The third kappa shape index (κ3) is 3.31. The Bertz CT molecular complexity index is 1020. The van der Waals surface area contributed by atoms with Gasteiger partial charge in [-0.3, -0.25) is 4.79 Å². The Balaban J connectivity index is 1.52. The van der Waals surface area contributed by atoms with Crippen molar-refractivity contribution in [2.75, 3.05) is 12.9 Å². The standard InChI is InChI=1S/C18H13N3O4S/c1-23-15(22)10-26-18-21-20-17(25-18)12-8-6-11(7-9-12)16-19-13-4-2-3-5-14(13)24-16/h2-9H,10H2,1H3. The van der Waals surface area contributed by atoms with Crippen LogP contribution in [0.3, 0.4) is 0 Å². The second kappa shape index (κ2) is 7.01. The number of ether oxygens (including phenoxy) is 1. The zero-order chi connectivity index (χ0) is 17.9. The van der Waals surface area contributed by atoms with Crippen LogP contribution in [0.15, 0.2) is 62.6 Å². The maximum atomic E-state index is 11.2. The molecule has 0 atom stereocenters. The Morgan fingerprint density at radius 2 is 1.73 bits per heavy atom. The molecule has 0 bridgehead atoms.